The number of carbonyl (C=O) groups is 1. The molecule has 1 aromatic carbocycles. The minimum absolute atomic E-state index is 0.448. The van der Waals surface area contributed by atoms with Crippen LogP contribution in [-0.2, 0) is 11.4 Å². The highest BCUT2D eigenvalue weighted by molar-refractivity contribution is 6.54. The van der Waals surface area contributed by atoms with Gasteiger partial charge in [0, 0.05) is 0 Å². The van der Waals surface area contributed by atoms with Gasteiger partial charge in [-0.25, -0.2) is 4.98 Å². The minimum atomic E-state index is -1.13. The van der Waals surface area contributed by atoms with Crippen molar-refractivity contribution in [2.24, 2.45) is 0 Å². The molecule has 1 amide bonds. The van der Waals surface area contributed by atoms with Gasteiger partial charge in [-0.1, -0.05) is 53.5 Å². The molecule has 1 heterocycles. The molecule has 0 radical (unpaired) electrons. The molecule has 6 heteroatoms. The molecule has 2 aromatic rings. The molecule has 1 aromatic heterocycles. The number of pyridine rings is 1. The quantitative estimate of drug-likeness (QED) is 0.814. The maximum atomic E-state index is 11.6. The molecular weight excluding hydrogens is 335 g/mol. The number of anilines is 1. The van der Waals surface area contributed by atoms with Gasteiger partial charge in [0.1, 0.15) is 18.2 Å². The Bertz CT molecular complexity index is 703. The van der Waals surface area contributed by atoms with E-state index in [0.717, 1.165) is 22.4 Å². The second-order valence-corrected chi connectivity index (χ2v) is 6.29. The van der Waals surface area contributed by atoms with Crippen molar-refractivity contribution in [2.45, 2.75) is 32.2 Å². The summed E-state index contributed by atoms with van der Waals surface area (Å²) in [5.41, 5.74) is 3.51. The predicted octanol–water partition coefficient (Wildman–Crippen LogP) is 4.33. The second kappa shape index (κ2) is 7.66. The van der Waals surface area contributed by atoms with Gasteiger partial charge < -0.3 is 10.1 Å². The van der Waals surface area contributed by atoms with Crippen LogP contribution in [0.1, 0.15) is 22.4 Å². The molecule has 0 unspecified atom stereocenters. The topological polar surface area (TPSA) is 51.2 Å². The number of alkyl halides is 2. The molecule has 0 aliphatic carbocycles. The monoisotopic (exact) mass is 352 g/mol. The SMILES string of the molecule is Cc1nc(NC(=O)C(Cl)Cl)c(C)c(C)c1OCc1ccccc1. The standard InChI is InChI=1S/C17H18Cl2N2O2/c1-10-11(2)16(21-17(22)15(18)19)20-12(3)14(10)23-9-13-7-5-4-6-8-13/h4-8,15H,9H2,1-3H3,(H,20,21,22). The summed E-state index contributed by atoms with van der Waals surface area (Å²) in [4.78, 5) is 14.9. The van der Waals surface area contributed by atoms with Crippen molar-refractivity contribution in [3.05, 3.63) is 52.7 Å². The zero-order valence-electron chi connectivity index (χ0n) is 13.2. The van der Waals surface area contributed by atoms with E-state index in [1.807, 2.05) is 51.1 Å². The van der Waals surface area contributed by atoms with Crippen LogP contribution in [0.3, 0.4) is 0 Å². The Labute approximate surface area is 145 Å². The third-order valence-electron chi connectivity index (χ3n) is 3.53. The van der Waals surface area contributed by atoms with E-state index < -0.39 is 10.7 Å². The molecule has 1 N–H and O–H groups in total. The Balaban J connectivity index is 2.22. The van der Waals surface area contributed by atoms with E-state index >= 15 is 0 Å². The molecule has 0 bridgehead atoms. The summed E-state index contributed by atoms with van der Waals surface area (Å²) in [5, 5.41) is 2.62. The Morgan fingerprint density at radius 2 is 1.83 bits per heavy atom. The van der Waals surface area contributed by atoms with Crippen molar-refractivity contribution < 1.29 is 9.53 Å². The van der Waals surface area contributed by atoms with Crippen LogP contribution >= 0.6 is 23.2 Å². The van der Waals surface area contributed by atoms with Gasteiger partial charge in [0.2, 0.25) is 0 Å². The number of hydrogen-bond donors (Lipinski definition) is 1. The van der Waals surface area contributed by atoms with Crippen LogP contribution in [0.15, 0.2) is 30.3 Å². The lowest BCUT2D eigenvalue weighted by Gasteiger charge is -2.17. The molecule has 0 fully saturated rings. The van der Waals surface area contributed by atoms with Gasteiger partial charge in [0.25, 0.3) is 5.91 Å². The van der Waals surface area contributed by atoms with Crippen molar-refractivity contribution in [3.63, 3.8) is 0 Å². The average molecular weight is 353 g/mol. The number of halogens is 2. The number of rotatable bonds is 5. The van der Waals surface area contributed by atoms with Crippen molar-refractivity contribution in [1.82, 2.24) is 4.98 Å². The van der Waals surface area contributed by atoms with Gasteiger partial charge in [-0.2, -0.15) is 0 Å². The molecule has 0 spiro atoms. The highest BCUT2D eigenvalue weighted by atomic mass is 35.5. The lowest BCUT2D eigenvalue weighted by atomic mass is 10.1. The van der Waals surface area contributed by atoms with Gasteiger partial charge in [-0.05, 0) is 37.5 Å². The van der Waals surface area contributed by atoms with E-state index in [4.69, 9.17) is 27.9 Å². The predicted molar refractivity (Wildman–Crippen MR) is 93.3 cm³/mol. The highest BCUT2D eigenvalue weighted by Gasteiger charge is 2.17. The molecule has 2 rings (SSSR count). The van der Waals surface area contributed by atoms with Crippen LogP contribution in [-0.4, -0.2) is 15.7 Å². The van der Waals surface area contributed by atoms with Crippen molar-refractivity contribution in [2.75, 3.05) is 5.32 Å². The second-order valence-electron chi connectivity index (χ2n) is 5.19. The summed E-state index contributed by atoms with van der Waals surface area (Å²) < 4.78 is 5.91. The smallest absolute Gasteiger partial charge is 0.258 e. The Morgan fingerprint density at radius 1 is 1.17 bits per heavy atom. The largest absolute Gasteiger partial charge is 0.487 e. The highest BCUT2D eigenvalue weighted by Crippen LogP contribution is 2.30. The van der Waals surface area contributed by atoms with E-state index in [-0.39, 0.29) is 0 Å². The first kappa shape index (κ1) is 17.6. The van der Waals surface area contributed by atoms with E-state index in [9.17, 15) is 4.79 Å². The van der Waals surface area contributed by atoms with Crippen LogP contribution in [0.5, 0.6) is 5.75 Å². The van der Waals surface area contributed by atoms with E-state index in [1.165, 1.54) is 0 Å². The Hall–Kier alpha value is -1.78. The third-order valence-corrected chi connectivity index (χ3v) is 3.93. The summed E-state index contributed by atoms with van der Waals surface area (Å²) in [5.74, 6) is 0.668. The van der Waals surface area contributed by atoms with Crippen molar-refractivity contribution >= 4 is 34.9 Å². The van der Waals surface area contributed by atoms with Crippen LogP contribution in [0.4, 0.5) is 5.82 Å². The fourth-order valence-corrected chi connectivity index (χ4v) is 2.27. The molecule has 0 aliphatic rings. The number of amides is 1. The first-order chi connectivity index (χ1) is 10.9. The van der Waals surface area contributed by atoms with E-state index in [0.29, 0.717) is 18.1 Å². The zero-order chi connectivity index (χ0) is 17.0. The van der Waals surface area contributed by atoms with E-state index in [2.05, 4.69) is 10.3 Å². The molecule has 122 valence electrons. The Morgan fingerprint density at radius 3 is 2.43 bits per heavy atom. The number of hydrogen-bond acceptors (Lipinski definition) is 3. The van der Waals surface area contributed by atoms with Crippen LogP contribution < -0.4 is 10.1 Å². The van der Waals surface area contributed by atoms with Crippen LogP contribution in [0.25, 0.3) is 0 Å². The lowest BCUT2D eigenvalue weighted by Crippen LogP contribution is -2.20. The third kappa shape index (κ3) is 4.36. The summed E-state index contributed by atoms with van der Waals surface area (Å²) in [7, 11) is 0. The number of nitrogens with one attached hydrogen (secondary N) is 1. The van der Waals surface area contributed by atoms with Gasteiger partial charge in [-0.15, -0.1) is 0 Å². The molecule has 0 atom stereocenters. The molecule has 0 saturated heterocycles. The number of carbonyl (C=O) groups excluding carboxylic acids is 1. The van der Waals surface area contributed by atoms with Crippen LogP contribution in [0.2, 0.25) is 0 Å². The number of aryl methyl sites for hydroxylation is 1. The number of ether oxygens (including phenoxy) is 1. The lowest BCUT2D eigenvalue weighted by molar-refractivity contribution is -0.114. The van der Waals surface area contributed by atoms with Gasteiger partial charge in [0.05, 0.1) is 5.69 Å². The fourth-order valence-electron chi connectivity index (χ4n) is 2.16. The molecule has 23 heavy (non-hydrogen) atoms. The summed E-state index contributed by atoms with van der Waals surface area (Å²) in [6.45, 7) is 6.09. The zero-order valence-corrected chi connectivity index (χ0v) is 14.7. The number of benzene rings is 1. The maximum absolute atomic E-state index is 11.6. The molecule has 0 saturated carbocycles. The first-order valence-electron chi connectivity index (χ1n) is 7.13. The summed E-state index contributed by atoms with van der Waals surface area (Å²) >= 11 is 11.1. The van der Waals surface area contributed by atoms with Crippen molar-refractivity contribution in [1.29, 1.82) is 0 Å². The molecule has 4 nitrogen and oxygen atoms in total. The van der Waals surface area contributed by atoms with Gasteiger partial charge >= 0.3 is 0 Å². The minimum Gasteiger partial charge on any atom is -0.487 e. The van der Waals surface area contributed by atoms with Gasteiger partial charge in [0.15, 0.2) is 4.84 Å². The fraction of sp³-hybridized carbons (Fsp3) is 0.294. The molecular formula is C17H18Cl2N2O2. The first-order valence-corrected chi connectivity index (χ1v) is 8.01. The Kier molecular flexibility index (Phi) is 5.85. The van der Waals surface area contributed by atoms with Crippen molar-refractivity contribution in [3.8, 4) is 5.75 Å². The van der Waals surface area contributed by atoms with Crippen LogP contribution in [0, 0.1) is 20.8 Å². The number of nitrogens with zero attached hydrogens (tertiary/aromatic N) is 1. The summed E-state index contributed by atoms with van der Waals surface area (Å²) in [6, 6.07) is 9.90. The molecule has 0 aliphatic heterocycles. The van der Waals surface area contributed by atoms with E-state index in [1.54, 1.807) is 0 Å². The van der Waals surface area contributed by atoms with Gasteiger partial charge in [-0.3, -0.25) is 4.79 Å². The summed E-state index contributed by atoms with van der Waals surface area (Å²) in [6.07, 6.45) is 0. The number of aromatic nitrogens is 1. The maximum Gasteiger partial charge on any atom is 0.258 e. The normalized spacial score (nSPS) is 10.7. The average Bonchev–Trinajstić information content (AvgIpc) is 2.53.